The molecule has 0 fully saturated rings. The molecule has 0 aliphatic carbocycles. The lowest BCUT2D eigenvalue weighted by Gasteiger charge is -2.11. The number of fused-ring (bicyclic) bond motifs is 1. The Kier molecular flexibility index (Phi) is 3.65. The van der Waals surface area contributed by atoms with Crippen molar-refractivity contribution in [2.24, 2.45) is 5.14 Å². The van der Waals surface area contributed by atoms with Crippen molar-refractivity contribution in [2.75, 3.05) is 0 Å². The molecule has 0 amide bonds. The van der Waals surface area contributed by atoms with Gasteiger partial charge in [0.2, 0.25) is 10.0 Å². The van der Waals surface area contributed by atoms with Crippen molar-refractivity contribution in [1.29, 1.82) is 0 Å². The molecule has 3 rings (SSSR count). The minimum Gasteiger partial charge on any atom is -0.338 e. The maximum Gasteiger partial charge on any atom is 0.417 e. The van der Waals surface area contributed by atoms with E-state index in [2.05, 4.69) is 9.97 Å². The van der Waals surface area contributed by atoms with Gasteiger partial charge in [-0.1, -0.05) is 23.8 Å². The van der Waals surface area contributed by atoms with Crippen molar-refractivity contribution < 1.29 is 21.6 Å². The van der Waals surface area contributed by atoms with Crippen LogP contribution in [-0.4, -0.2) is 18.4 Å². The minimum absolute atomic E-state index is 0.0752. The zero-order chi connectivity index (χ0) is 17.7. The van der Waals surface area contributed by atoms with Crippen molar-refractivity contribution in [1.82, 2.24) is 9.97 Å². The van der Waals surface area contributed by atoms with Gasteiger partial charge in [0.15, 0.2) is 0 Å². The van der Waals surface area contributed by atoms with E-state index in [1.54, 1.807) is 12.1 Å². The molecule has 1 heterocycles. The summed E-state index contributed by atoms with van der Waals surface area (Å²) in [5, 5.41) is 4.92. The quantitative estimate of drug-likeness (QED) is 0.740. The van der Waals surface area contributed by atoms with Crippen LogP contribution in [0.1, 0.15) is 11.1 Å². The summed E-state index contributed by atoms with van der Waals surface area (Å²) in [6.45, 7) is 1.87. The number of halogens is 3. The van der Waals surface area contributed by atoms with E-state index in [0.29, 0.717) is 17.5 Å². The lowest BCUT2D eigenvalue weighted by molar-refractivity contribution is -0.139. The topological polar surface area (TPSA) is 88.8 Å². The third-order valence-electron chi connectivity index (χ3n) is 3.49. The Balaban J connectivity index is 2.28. The summed E-state index contributed by atoms with van der Waals surface area (Å²) in [6, 6.07) is 8.76. The standard InChI is InChI=1S/C15H12F3N3O2S/c1-8-3-2-4-9(5-8)14-20-11-6-10(15(16,17)18)13(24(19,22)23)7-12(11)21-14/h2-7H,1H3,(H,20,21)(H2,19,22,23). The van der Waals surface area contributed by atoms with Crippen LogP contribution >= 0.6 is 0 Å². The third kappa shape index (κ3) is 3.00. The largest absolute Gasteiger partial charge is 0.417 e. The van der Waals surface area contributed by atoms with Crippen LogP contribution in [-0.2, 0) is 16.2 Å². The normalized spacial score (nSPS) is 12.7. The van der Waals surface area contributed by atoms with Crippen molar-refractivity contribution in [3.63, 3.8) is 0 Å². The van der Waals surface area contributed by atoms with E-state index in [-0.39, 0.29) is 11.0 Å². The number of primary sulfonamides is 1. The Morgan fingerprint density at radius 2 is 1.88 bits per heavy atom. The minimum atomic E-state index is -4.86. The van der Waals surface area contributed by atoms with Gasteiger partial charge < -0.3 is 4.98 Å². The Labute approximate surface area is 135 Å². The van der Waals surface area contributed by atoms with Crippen LogP contribution in [0.3, 0.4) is 0 Å². The van der Waals surface area contributed by atoms with Crippen molar-refractivity contribution >= 4 is 21.1 Å². The van der Waals surface area contributed by atoms with Crippen LogP contribution in [0.5, 0.6) is 0 Å². The maximum absolute atomic E-state index is 13.1. The molecule has 3 aromatic rings. The predicted molar refractivity (Wildman–Crippen MR) is 82.6 cm³/mol. The van der Waals surface area contributed by atoms with Gasteiger partial charge in [-0.05, 0) is 25.1 Å². The molecular weight excluding hydrogens is 343 g/mol. The lowest BCUT2D eigenvalue weighted by atomic mass is 10.1. The van der Waals surface area contributed by atoms with E-state index in [9.17, 15) is 21.6 Å². The smallest absolute Gasteiger partial charge is 0.338 e. The van der Waals surface area contributed by atoms with Gasteiger partial charge in [0, 0.05) is 5.56 Å². The Bertz CT molecular complexity index is 1040. The molecule has 24 heavy (non-hydrogen) atoms. The first kappa shape index (κ1) is 16.5. The molecule has 9 heteroatoms. The van der Waals surface area contributed by atoms with Crippen LogP contribution < -0.4 is 5.14 Å². The lowest BCUT2D eigenvalue weighted by Crippen LogP contribution is -2.19. The van der Waals surface area contributed by atoms with E-state index in [4.69, 9.17) is 5.14 Å². The SMILES string of the molecule is Cc1cccc(-c2nc3cc(S(N)(=O)=O)c(C(F)(F)F)cc3[nH]2)c1. The highest BCUT2D eigenvalue weighted by molar-refractivity contribution is 7.89. The van der Waals surface area contributed by atoms with Gasteiger partial charge in [-0.15, -0.1) is 0 Å². The molecule has 0 bridgehead atoms. The summed E-state index contributed by atoms with van der Waals surface area (Å²) in [5.41, 5.74) is 0.470. The van der Waals surface area contributed by atoms with E-state index in [1.807, 2.05) is 19.1 Å². The molecule has 0 saturated heterocycles. The summed E-state index contributed by atoms with van der Waals surface area (Å²) in [4.78, 5) is 5.97. The number of aryl methyl sites for hydroxylation is 1. The Hall–Kier alpha value is -2.39. The summed E-state index contributed by atoms with van der Waals surface area (Å²) in [6.07, 6.45) is -4.86. The second-order valence-corrected chi connectivity index (χ2v) is 6.89. The van der Waals surface area contributed by atoms with Crippen LogP contribution in [0.15, 0.2) is 41.3 Å². The first-order valence-corrected chi connectivity index (χ1v) is 8.31. The fourth-order valence-corrected chi connectivity index (χ4v) is 3.18. The van der Waals surface area contributed by atoms with E-state index in [1.165, 1.54) is 0 Å². The number of sulfonamides is 1. The van der Waals surface area contributed by atoms with Crippen molar-refractivity contribution in [2.45, 2.75) is 18.0 Å². The molecule has 0 radical (unpaired) electrons. The Morgan fingerprint density at radius 1 is 1.17 bits per heavy atom. The molecule has 0 spiro atoms. The zero-order valence-electron chi connectivity index (χ0n) is 12.3. The number of hydrogen-bond donors (Lipinski definition) is 2. The summed E-state index contributed by atoms with van der Waals surface area (Å²) < 4.78 is 62.4. The zero-order valence-corrected chi connectivity index (χ0v) is 13.2. The number of alkyl halides is 3. The fraction of sp³-hybridized carbons (Fsp3) is 0.133. The molecule has 0 aliphatic rings. The number of aromatic nitrogens is 2. The van der Waals surface area contributed by atoms with Gasteiger partial charge in [-0.25, -0.2) is 18.5 Å². The van der Waals surface area contributed by atoms with Gasteiger partial charge in [0.1, 0.15) is 5.82 Å². The molecule has 0 saturated carbocycles. The summed E-state index contributed by atoms with van der Waals surface area (Å²) in [5.74, 6) is 0.341. The summed E-state index contributed by atoms with van der Waals surface area (Å²) in [7, 11) is -4.54. The number of H-pyrrole nitrogens is 1. The van der Waals surface area contributed by atoms with Crippen molar-refractivity contribution in [3.05, 3.63) is 47.5 Å². The van der Waals surface area contributed by atoms with E-state index in [0.717, 1.165) is 11.6 Å². The van der Waals surface area contributed by atoms with Crippen molar-refractivity contribution in [3.8, 4) is 11.4 Å². The molecule has 0 atom stereocenters. The second-order valence-electron chi connectivity index (χ2n) is 5.36. The maximum atomic E-state index is 13.1. The Morgan fingerprint density at radius 3 is 2.46 bits per heavy atom. The first-order valence-electron chi connectivity index (χ1n) is 6.76. The third-order valence-corrected chi connectivity index (χ3v) is 4.44. The molecule has 0 unspecified atom stereocenters. The van der Waals surface area contributed by atoms with E-state index >= 15 is 0 Å². The van der Waals surface area contributed by atoms with Gasteiger partial charge in [-0.3, -0.25) is 0 Å². The molecule has 1 aromatic heterocycles. The monoisotopic (exact) mass is 355 g/mol. The van der Waals surface area contributed by atoms with Gasteiger partial charge >= 0.3 is 6.18 Å². The number of benzene rings is 2. The van der Waals surface area contributed by atoms with Crippen LogP contribution in [0.2, 0.25) is 0 Å². The molecule has 126 valence electrons. The van der Waals surface area contributed by atoms with Gasteiger partial charge in [0.05, 0.1) is 21.5 Å². The first-order chi connectivity index (χ1) is 11.1. The second kappa shape index (κ2) is 5.32. The highest BCUT2D eigenvalue weighted by atomic mass is 32.2. The predicted octanol–water partition coefficient (Wildman–Crippen LogP) is 3.20. The van der Waals surface area contributed by atoms with Gasteiger partial charge in [-0.2, -0.15) is 13.2 Å². The van der Waals surface area contributed by atoms with Crippen LogP contribution in [0.4, 0.5) is 13.2 Å². The number of hydrogen-bond acceptors (Lipinski definition) is 3. The van der Waals surface area contributed by atoms with Crippen LogP contribution in [0.25, 0.3) is 22.4 Å². The molecule has 0 aliphatic heterocycles. The number of rotatable bonds is 2. The van der Waals surface area contributed by atoms with E-state index < -0.39 is 26.7 Å². The van der Waals surface area contributed by atoms with Crippen LogP contribution in [0, 0.1) is 6.92 Å². The highest BCUT2D eigenvalue weighted by Gasteiger charge is 2.37. The molecule has 2 aromatic carbocycles. The molecule has 3 N–H and O–H groups in total. The highest BCUT2D eigenvalue weighted by Crippen LogP contribution is 2.36. The molecule has 5 nitrogen and oxygen atoms in total. The number of imidazole rings is 1. The average Bonchev–Trinajstić information content (AvgIpc) is 2.87. The fourth-order valence-electron chi connectivity index (χ4n) is 2.42. The number of nitrogens with zero attached hydrogens (tertiary/aromatic N) is 1. The number of nitrogens with one attached hydrogen (secondary N) is 1. The van der Waals surface area contributed by atoms with Gasteiger partial charge in [0.25, 0.3) is 0 Å². The average molecular weight is 355 g/mol. The number of aromatic amines is 1. The summed E-state index contributed by atoms with van der Waals surface area (Å²) >= 11 is 0. The molecular formula is C15H12F3N3O2S. The number of nitrogens with two attached hydrogens (primary N) is 1.